The lowest BCUT2D eigenvalue weighted by Crippen LogP contribution is -2.21. The van der Waals surface area contributed by atoms with Gasteiger partial charge in [-0.25, -0.2) is 0 Å². The third-order valence-electron chi connectivity index (χ3n) is 2.00. The van der Waals surface area contributed by atoms with Crippen molar-refractivity contribution >= 4 is 5.97 Å². The Morgan fingerprint density at radius 3 is 2.71 bits per heavy atom. The minimum absolute atomic E-state index is 0.504. The Morgan fingerprint density at radius 2 is 2.29 bits per heavy atom. The molecule has 1 rings (SSSR count). The molecule has 0 amide bonds. The zero-order chi connectivity index (χ0) is 10.7. The predicted octanol–water partition coefficient (Wildman–Crippen LogP) is 0.951. The number of nitrogens with two attached hydrogens (primary N) is 1. The summed E-state index contributed by atoms with van der Waals surface area (Å²) in [7, 11) is 0. The smallest absolute Gasteiger partial charge is 0.325 e. The summed E-state index contributed by atoms with van der Waals surface area (Å²) in [6, 6.07) is 5.71. The lowest BCUT2D eigenvalue weighted by molar-refractivity contribution is -0.138. The Kier molecular flexibility index (Phi) is 2.85. The second kappa shape index (κ2) is 3.90. The maximum atomic E-state index is 10.6. The fourth-order valence-corrected chi connectivity index (χ4v) is 1.23. The summed E-state index contributed by atoms with van der Waals surface area (Å²) in [4.78, 5) is 10.6. The first-order valence-corrected chi connectivity index (χ1v) is 4.05. The van der Waals surface area contributed by atoms with Crippen LogP contribution < -0.4 is 5.73 Å². The highest BCUT2D eigenvalue weighted by Gasteiger charge is 2.16. The topological polar surface area (TPSA) is 87.1 Å². The molecule has 14 heavy (non-hydrogen) atoms. The normalized spacial score (nSPS) is 11.8. The average Bonchev–Trinajstić information content (AvgIpc) is 2.16. The molecule has 0 saturated heterocycles. The number of carboxylic acids is 1. The van der Waals surface area contributed by atoms with E-state index < -0.39 is 12.0 Å². The van der Waals surface area contributed by atoms with Crippen LogP contribution in [0.15, 0.2) is 18.2 Å². The third kappa shape index (κ3) is 1.90. The molecular weight excluding hydrogens is 180 g/mol. The van der Waals surface area contributed by atoms with E-state index in [1.807, 2.05) is 6.07 Å². The van der Waals surface area contributed by atoms with Gasteiger partial charge in [-0.3, -0.25) is 4.79 Å². The van der Waals surface area contributed by atoms with Crippen molar-refractivity contribution in [3.8, 4) is 6.07 Å². The van der Waals surface area contributed by atoms with Crippen molar-refractivity contribution in [2.45, 2.75) is 13.0 Å². The maximum Gasteiger partial charge on any atom is 0.325 e. The van der Waals surface area contributed by atoms with Gasteiger partial charge >= 0.3 is 5.97 Å². The number of carbonyl (C=O) groups is 1. The van der Waals surface area contributed by atoms with Gasteiger partial charge in [-0.1, -0.05) is 6.07 Å². The minimum Gasteiger partial charge on any atom is -0.480 e. The monoisotopic (exact) mass is 190 g/mol. The lowest BCUT2D eigenvalue weighted by Gasteiger charge is -2.09. The molecule has 1 atom stereocenters. The van der Waals surface area contributed by atoms with Gasteiger partial charge in [0.05, 0.1) is 11.6 Å². The molecule has 0 heterocycles. The van der Waals surface area contributed by atoms with Crippen molar-refractivity contribution in [1.29, 1.82) is 5.26 Å². The molecule has 0 saturated carbocycles. The molecule has 1 aromatic rings. The van der Waals surface area contributed by atoms with Crippen LogP contribution in [0.5, 0.6) is 0 Å². The molecule has 1 aromatic carbocycles. The van der Waals surface area contributed by atoms with Gasteiger partial charge in [-0.05, 0) is 30.2 Å². The summed E-state index contributed by atoms with van der Waals surface area (Å²) in [6.45, 7) is 1.74. The highest BCUT2D eigenvalue weighted by molar-refractivity contribution is 5.75. The van der Waals surface area contributed by atoms with E-state index in [0.29, 0.717) is 11.1 Å². The van der Waals surface area contributed by atoms with Crippen LogP contribution in [0.1, 0.15) is 22.7 Å². The number of nitrogens with zero attached hydrogens (tertiary/aromatic N) is 1. The fraction of sp³-hybridized carbons (Fsp3) is 0.200. The zero-order valence-electron chi connectivity index (χ0n) is 7.69. The Balaban J connectivity index is 3.13. The fourth-order valence-electron chi connectivity index (χ4n) is 1.23. The highest BCUT2D eigenvalue weighted by atomic mass is 16.4. The largest absolute Gasteiger partial charge is 0.480 e. The number of aliphatic carboxylic acids is 1. The van der Waals surface area contributed by atoms with Crippen molar-refractivity contribution in [2.24, 2.45) is 5.73 Å². The summed E-state index contributed by atoms with van der Waals surface area (Å²) in [5.74, 6) is -1.07. The van der Waals surface area contributed by atoms with E-state index in [2.05, 4.69) is 0 Å². The number of carboxylic acid groups (broad SMARTS) is 1. The first kappa shape index (κ1) is 10.2. The molecular formula is C10H10N2O2. The van der Waals surface area contributed by atoms with Crippen molar-refractivity contribution in [3.05, 3.63) is 34.9 Å². The minimum atomic E-state index is -1.07. The Bertz CT molecular complexity index is 407. The number of nitriles is 1. The van der Waals surface area contributed by atoms with Gasteiger partial charge < -0.3 is 10.8 Å². The van der Waals surface area contributed by atoms with Gasteiger partial charge in [0.25, 0.3) is 0 Å². The zero-order valence-corrected chi connectivity index (χ0v) is 7.69. The molecule has 4 nitrogen and oxygen atoms in total. The molecule has 0 unspecified atom stereocenters. The first-order chi connectivity index (χ1) is 6.56. The first-order valence-electron chi connectivity index (χ1n) is 4.05. The van der Waals surface area contributed by atoms with Crippen LogP contribution in [0.2, 0.25) is 0 Å². The number of hydrogen-bond acceptors (Lipinski definition) is 3. The molecule has 0 bridgehead atoms. The van der Waals surface area contributed by atoms with Crippen LogP contribution >= 0.6 is 0 Å². The maximum absolute atomic E-state index is 10.6. The van der Waals surface area contributed by atoms with Gasteiger partial charge in [0.1, 0.15) is 6.04 Å². The standard InChI is InChI=1S/C10H10N2O2/c1-6-4-7(5-11)2-3-8(6)9(12)10(13)14/h2-4,9H,12H2,1H3,(H,13,14)/t9-/m0/s1. The summed E-state index contributed by atoms with van der Waals surface area (Å²) < 4.78 is 0. The van der Waals surface area contributed by atoms with Crippen molar-refractivity contribution in [2.75, 3.05) is 0 Å². The Morgan fingerprint density at radius 1 is 1.64 bits per heavy atom. The molecule has 0 aliphatic heterocycles. The number of benzene rings is 1. The van der Waals surface area contributed by atoms with E-state index in [1.165, 1.54) is 0 Å². The molecule has 0 radical (unpaired) electrons. The van der Waals surface area contributed by atoms with E-state index in [9.17, 15) is 4.79 Å². The van der Waals surface area contributed by atoms with Crippen LogP contribution in [-0.4, -0.2) is 11.1 Å². The van der Waals surface area contributed by atoms with E-state index in [1.54, 1.807) is 25.1 Å². The van der Waals surface area contributed by atoms with Crippen LogP contribution in [0, 0.1) is 18.3 Å². The van der Waals surface area contributed by atoms with E-state index in [4.69, 9.17) is 16.1 Å². The highest BCUT2D eigenvalue weighted by Crippen LogP contribution is 2.17. The molecule has 0 aromatic heterocycles. The quantitative estimate of drug-likeness (QED) is 0.726. The van der Waals surface area contributed by atoms with Crippen molar-refractivity contribution in [1.82, 2.24) is 0 Å². The van der Waals surface area contributed by atoms with Gasteiger partial charge in [-0.15, -0.1) is 0 Å². The molecule has 72 valence electrons. The molecule has 0 spiro atoms. The van der Waals surface area contributed by atoms with Crippen molar-refractivity contribution < 1.29 is 9.90 Å². The van der Waals surface area contributed by atoms with Crippen LogP contribution in [-0.2, 0) is 4.79 Å². The van der Waals surface area contributed by atoms with E-state index in [-0.39, 0.29) is 0 Å². The SMILES string of the molecule is Cc1cc(C#N)ccc1[C@H](N)C(=O)O. The average molecular weight is 190 g/mol. The Labute approximate surface area is 81.6 Å². The van der Waals surface area contributed by atoms with Gasteiger partial charge in [0.15, 0.2) is 0 Å². The van der Waals surface area contributed by atoms with Crippen LogP contribution in [0.4, 0.5) is 0 Å². The number of aryl methyl sites for hydroxylation is 1. The molecule has 0 aliphatic carbocycles. The second-order valence-corrected chi connectivity index (χ2v) is 3.00. The summed E-state index contributed by atoms with van der Waals surface area (Å²) in [5, 5.41) is 17.3. The number of rotatable bonds is 2. The number of hydrogen-bond donors (Lipinski definition) is 2. The molecule has 0 aliphatic rings. The third-order valence-corrected chi connectivity index (χ3v) is 2.00. The predicted molar refractivity (Wildman–Crippen MR) is 50.5 cm³/mol. The molecule has 4 heteroatoms. The van der Waals surface area contributed by atoms with Crippen LogP contribution in [0.3, 0.4) is 0 Å². The molecule has 0 fully saturated rings. The second-order valence-electron chi connectivity index (χ2n) is 3.00. The van der Waals surface area contributed by atoms with Crippen molar-refractivity contribution in [3.63, 3.8) is 0 Å². The van der Waals surface area contributed by atoms with Gasteiger partial charge in [-0.2, -0.15) is 5.26 Å². The Hall–Kier alpha value is -1.86. The van der Waals surface area contributed by atoms with E-state index in [0.717, 1.165) is 5.56 Å². The lowest BCUT2D eigenvalue weighted by atomic mass is 10.00. The summed E-state index contributed by atoms with van der Waals surface area (Å²) in [5.41, 5.74) is 7.21. The molecule has 3 N–H and O–H groups in total. The van der Waals surface area contributed by atoms with Crippen LogP contribution in [0.25, 0.3) is 0 Å². The van der Waals surface area contributed by atoms with E-state index >= 15 is 0 Å². The van der Waals surface area contributed by atoms with Gasteiger partial charge in [0, 0.05) is 0 Å². The summed E-state index contributed by atoms with van der Waals surface area (Å²) in [6.07, 6.45) is 0. The summed E-state index contributed by atoms with van der Waals surface area (Å²) >= 11 is 0. The van der Waals surface area contributed by atoms with Gasteiger partial charge in [0.2, 0.25) is 0 Å².